The van der Waals surface area contributed by atoms with Gasteiger partial charge in [-0.2, -0.15) is 0 Å². The molecule has 1 nitrogen and oxygen atoms in total. The van der Waals surface area contributed by atoms with Gasteiger partial charge in [0, 0.05) is 17.5 Å². The number of carbonyl (C=O) groups excluding carboxylic acids is 1. The molecule has 3 rings (SSSR count). The van der Waals surface area contributed by atoms with Crippen LogP contribution in [0, 0.1) is 6.42 Å². The number of hydrogen-bond donors (Lipinski definition) is 0. The SMILES string of the molecule is O=C(c1ccccc1)c1cccc(C2=C[CH]2)c1. The van der Waals surface area contributed by atoms with Gasteiger partial charge in [0.05, 0.1) is 0 Å². The number of ketones is 1. The minimum atomic E-state index is 0.0775. The number of benzene rings is 2. The monoisotopic (exact) mass is 219 g/mol. The fourth-order valence-electron chi connectivity index (χ4n) is 1.83. The fraction of sp³-hybridized carbons (Fsp3) is 0. The van der Waals surface area contributed by atoms with Crippen molar-refractivity contribution in [3.63, 3.8) is 0 Å². The summed E-state index contributed by atoms with van der Waals surface area (Å²) < 4.78 is 0. The molecule has 0 atom stereocenters. The summed E-state index contributed by atoms with van der Waals surface area (Å²) >= 11 is 0. The Balaban J connectivity index is 1.96. The molecule has 0 aliphatic heterocycles. The van der Waals surface area contributed by atoms with Crippen molar-refractivity contribution in [2.45, 2.75) is 0 Å². The average Bonchev–Trinajstić information content (AvgIpc) is 3.23. The summed E-state index contributed by atoms with van der Waals surface area (Å²) in [5.41, 5.74) is 3.81. The summed E-state index contributed by atoms with van der Waals surface area (Å²) in [6, 6.07) is 17.1. The topological polar surface area (TPSA) is 17.1 Å². The van der Waals surface area contributed by atoms with E-state index >= 15 is 0 Å². The van der Waals surface area contributed by atoms with Crippen molar-refractivity contribution < 1.29 is 4.79 Å². The van der Waals surface area contributed by atoms with E-state index in [0.29, 0.717) is 0 Å². The second-order valence-corrected chi connectivity index (χ2v) is 4.06. The van der Waals surface area contributed by atoms with Gasteiger partial charge in [0.2, 0.25) is 0 Å². The van der Waals surface area contributed by atoms with Crippen molar-refractivity contribution >= 4 is 11.4 Å². The minimum absolute atomic E-state index is 0.0775. The third kappa shape index (κ3) is 2.04. The highest BCUT2D eigenvalue weighted by Crippen LogP contribution is 2.30. The molecule has 2 aromatic rings. The molecule has 0 spiro atoms. The Morgan fingerprint density at radius 1 is 0.824 bits per heavy atom. The lowest BCUT2D eigenvalue weighted by molar-refractivity contribution is 0.103. The molecule has 0 heterocycles. The molecule has 0 saturated heterocycles. The molecular weight excluding hydrogens is 208 g/mol. The number of carbonyl (C=O) groups is 1. The largest absolute Gasteiger partial charge is 0.289 e. The van der Waals surface area contributed by atoms with Crippen LogP contribution in [0.15, 0.2) is 60.7 Å². The number of allylic oxidation sites excluding steroid dienone is 2. The van der Waals surface area contributed by atoms with Gasteiger partial charge in [0.25, 0.3) is 0 Å². The van der Waals surface area contributed by atoms with E-state index < -0.39 is 0 Å². The van der Waals surface area contributed by atoms with Crippen LogP contribution in [0.25, 0.3) is 5.57 Å². The van der Waals surface area contributed by atoms with Gasteiger partial charge in [0.1, 0.15) is 0 Å². The van der Waals surface area contributed by atoms with Crippen LogP contribution in [-0.2, 0) is 0 Å². The number of hydrogen-bond acceptors (Lipinski definition) is 1. The predicted octanol–water partition coefficient (Wildman–Crippen LogP) is 3.52. The lowest BCUT2D eigenvalue weighted by Gasteiger charge is -2.02. The van der Waals surface area contributed by atoms with Crippen LogP contribution >= 0.6 is 0 Å². The average molecular weight is 219 g/mol. The van der Waals surface area contributed by atoms with Gasteiger partial charge in [-0.05, 0) is 17.2 Å². The van der Waals surface area contributed by atoms with E-state index in [9.17, 15) is 4.79 Å². The van der Waals surface area contributed by atoms with Gasteiger partial charge in [-0.15, -0.1) is 0 Å². The van der Waals surface area contributed by atoms with Gasteiger partial charge >= 0.3 is 0 Å². The summed E-state index contributed by atoms with van der Waals surface area (Å²) in [5.74, 6) is 0.0775. The highest BCUT2D eigenvalue weighted by molar-refractivity contribution is 6.09. The van der Waals surface area contributed by atoms with Crippen molar-refractivity contribution in [2.75, 3.05) is 0 Å². The van der Waals surface area contributed by atoms with Crippen LogP contribution in [0.3, 0.4) is 0 Å². The van der Waals surface area contributed by atoms with E-state index in [2.05, 4.69) is 0 Å². The zero-order valence-corrected chi connectivity index (χ0v) is 9.26. The maximum atomic E-state index is 12.2. The Labute approximate surface area is 100 Å². The molecule has 0 fully saturated rings. The van der Waals surface area contributed by atoms with Gasteiger partial charge in [-0.25, -0.2) is 0 Å². The Hall–Kier alpha value is -2.15. The lowest BCUT2D eigenvalue weighted by atomic mass is 10.0. The highest BCUT2D eigenvalue weighted by Gasteiger charge is 2.13. The van der Waals surface area contributed by atoms with Gasteiger partial charge < -0.3 is 0 Å². The van der Waals surface area contributed by atoms with Crippen LogP contribution in [0.1, 0.15) is 21.5 Å². The molecule has 0 saturated carbocycles. The van der Waals surface area contributed by atoms with Crippen LogP contribution < -0.4 is 0 Å². The normalized spacial score (nSPS) is 13.1. The fourth-order valence-corrected chi connectivity index (χ4v) is 1.83. The smallest absolute Gasteiger partial charge is 0.193 e. The van der Waals surface area contributed by atoms with Crippen molar-refractivity contribution in [2.24, 2.45) is 0 Å². The third-order valence-corrected chi connectivity index (χ3v) is 2.83. The molecule has 0 aromatic heterocycles. The first-order valence-electron chi connectivity index (χ1n) is 5.60. The highest BCUT2D eigenvalue weighted by atomic mass is 16.1. The van der Waals surface area contributed by atoms with Crippen molar-refractivity contribution in [3.8, 4) is 0 Å². The Kier molecular flexibility index (Phi) is 2.37. The van der Waals surface area contributed by atoms with E-state index in [1.165, 1.54) is 5.57 Å². The van der Waals surface area contributed by atoms with E-state index in [0.717, 1.165) is 16.7 Å². The molecule has 1 heteroatoms. The van der Waals surface area contributed by atoms with E-state index in [1.54, 1.807) is 0 Å². The third-order valence-electron chi connectivity index (χ3n) is 2.83. The second-order valence-electron chi connectivity index (χ2n) is 4.06. The number of rotatable bonds is 3. The molecular formula is C16H11O. The van der Waals surface area contributed by atoms with Crippen molar-refractivity contribution in [1.29, 1.82) is 0 Å². The summed E-state index contributed by atoms with van der Waals surface area (Å²) in [5, 5.41) is 0. The van der Waals surface area contributed by atoms with Crippen LogP contribution in [0.5, 0.6) is 0 Å². The molecule has 1 aliphatic carbocycles. The van der Waals surface area contributed by atoms with Crippen LogP contribution in [-0.4, -0.2) is 5.78 Å². The van der Waals surface area contributed by atoms with Crippen LogP contribution in [0.4, 0.5) is 0 Å². The molecule has 0 bridgehead atoms. The molecule has 81 valence electrons. The van der Waals surface area contributed by atoms with Gasteiger partial charge in [-0.3, -0.25) is 4.79 Å². The Morgan fingerprint density at radius 3 is 2.24 bits per heavy atom. The molecule has 17 heavy (non-hydrogen) atoms. The van der Waals surface area contributed by atoms with E-state index in [-0.39, 0.29) is 5.78 Å². The van der Waals surface area contributed by atoms with E-state index in [4.69, 9.17) is 0 Å². The standard InChI is InChI=1S/C16H11O/c17-16(13-5-2-1-3-6-13)15-8-4-7-14(11-15)12-9-10-12/h1-11H. The predicted molar refractivity (Wildman–Crippen MR) is 68.6 cm³/mol. The Morgan fingerprint density at radius 2 is 1.53 bits per heavy atom. The molecule has 0 amide bonds. The quantitative estimate of drug-likeness (QED) is 0.722. The van der Waals surface area contributed by atoms with Crippen molar-refractivity contribution in [1.82, 2.24) is 0 Å². The second kappa shape index (κ2) is 4.02. The first-order valence-corrected chi connectivity index (χ1v) is 5.60. The zero-order chi connectivity index (χ0) is 11.7. The minimum Gasteiger partial charge on any atom is -0.289 e. The maximum Gasteiger partial charge on any atom is 0.193 e. The lowest BCUT2D eigenvalue weighted by Crippen LogP contribution is -2.00. The summed E-state index contributed by atoms with van der Waals surface area (Å²) in [7, 11) is 0. The summed E-state index contributed by atoms with van der Waals surface area (Å²) in [4.78, 5) is 12.2. The van der Waals surface area contributed by atoms with Gasteiger partial charge in [0.15, 0.2) is 5.78 Å². The zero-order valence-electron chi connectivity index (χ0n) is 9.26. The summed E-state index contributed by atoms with van der Waals surface area (Å²) in [6.45, 7) is 0. The molecule has 0 N–H and O–H groups in total. The summed E-state index contributed by atoms with van der Waals surface area (Å²) in [6.07, 6.45) is 4.10. The maximum absolute atomic E-state index is 12.2. The molecule has 1 aliphatic rings. The molecule has 2 aromatic carbocycles. The Bertz CT molecular complexity index is 594. The van der Waals surface area contributed by atoms with E-state index in [1.807, 2.05) is 67.1 Å². The first kappa shape index (κ1) is 10.0. The van der Waals surface area contributed by atoms with Gasteiger partial charge in [-0.1, -0.05) is 54.6 Å². The molecule has 0 unspecified atom stereocenters. The first-order chi connectivity index (χ1) is 8.34. The van der Waals surface area contributed by atoms with Crippen molar-refractivity contribution in [3.05, 3.63) is 83.8 Å². The molecule has 1 radical (unpaired) electrons. The van der Waals surface area contributed by atoms with Crippen LogP contribution in [0.2, 0.25) is 0 Å².